The number of ether oxygens (including phenoxy) is 1. The van der Waals surface area contributed by atoms with Gasteiger partial charge in [-0.05, 0) is 66.4 Å². The van der Waals surface area contributed by atoms with Gasteiger partial charge in [0.15, 0.2) is 0 Å². The molecule has 0 N–H and O–H groups in total. The van der Waals surface area contributed by atoms with Crippen LogP contribution in [0.2, 0.25) is 0 Å². The van der Waals surface area contributed by atoms with Gasteiger partial charge in [-0.1, -0.05) is 24.3 Å². The SMILES string of the molecule is COC(=O)CC(B1OC(C)(C)C(C)(C)O1)c1ccccc1B1OC(C)(C)C(C)(C)O1. The lowest BCUT2D eigenvalue weighted by atomic mass is 9.61. The lowest BCUT2D eigenvalue weighted by Crippen LogP contribution is -2.41. The molecule has 6 nitrogen and oxygen atoms in total. The molecular weight excluding hydrogens is 382 g/mol. The zero-order chi connectivity index (χ0) is 22.5. The first kappa shape index (κ1) is 23.3. The zero-order valence-electron chi connectivity index (χ0n) is 19.7. The third-order valence-electron chi connectivity index (χ3n) is 7.12. The van der Waals surface area contributed by atoms with Crippen LogP contribution in [-0.2, 0) is 28.1 Å². The Morgan fingerprint density at radius 3 is 1.83 bits per heavy atom. The quantitative estimate of drug-likeness (QED) is 0.543. The van der Waals surface area contributed by atoms with E-state index in [2.05, 4.69) is 0 Å². The maximum atomic E-state index is 12.3. The van der Waals surface area contributed by atoms with Crippen molar-refractivity contribution in [3.05, 3.63) is 29.8 Å². The van der Waals surface area contributed by atoms with Gasteiger partial charge in [-0.3, -0.25) is 4.79 Å². The minimum Gasteiger partial charge on any atom is -0.469 e. The minimum absolute atomic E-state index is 0.129. The van der Waals surface area contributed by atoms with Gasteiger partial charge in [-0.2, -0.15) is 0 Å². The van der Waals surface area contributed by atoms with E-state index in [1.54, 1.807) is 0 Å². The topological polar surface area (TPSA) is 63.2 Å². The molecule has 0 aromatic heterocycles. The molecule has 30 heavy (non-hydrogen) atoms. The van der Waals surface area contributed by atoms with Crippen molar-refractivity contribution in [2.24, 2.45) is 0 Å². The van der Waals surface area contributed by atoms with Crippen molar-refractivity contribution in [2.75, 3.05) is 7.11 Å². The highest BCUT2D eigenvalue weighted by Gasteiger charge is 2.56. The number of carbonyl (C=O) groups excluding carboxylic acids is 1. The number of carbonyl (C=O) groups is 1. The van der Waals surface area contributed by atoms with Gasteiger partial charge in [0.25, 0.3) is 0 Å². The fourth-order valence-corrected chi connectivity index (χ4v) is 3.70. The maximum Gasteiger partial charge on any atom is 0.495 e. The average molecular weight is 416 g/mol. The molecule has 2 saturated heterocycles. The van der Waals surface area contributed by atoms with Gasteiger partial charge in [-0.25, -0.2) is 0 Å². The van der Waals surface area contributed by atoms with E-state index in [1.165, 1.54) is 7.11 Å². The number of hydrogen-bond donors (Lipinski definition) is 0. The standard InChI is InChI=1S/C22H34B2O6/c1-19(2)20(3,4)28-23(27-19)16-13-11-10-12-15(16)17(14-18(25)26-9)24-29-21(5,6)22(7,8)30-24/h10-13,17H,14H2,1-9H3. The molecule has 0 spiro atoms. The normalized spacial score (nSPS) is 24.7. The Morgan fingerprint density at radius 2 is 1.33 bits per heavy atom. The van der Waals surface area contributed by atoms with Crippen molar-refractivity contribution in [1.29, 1.82) is 0 Å². The van der Waals surface area contributed by atoms with Crippen LogP contribution in [0.3, 0.4) is 0 Å². The van der Waals surface area contributed by atoms with Crippen LogP contribution in [0.25, 0.3) is 0 Å². The van der Waals surface area contributed by atoms with Crippen LogP contribution in [0.5, 0.6) is 0 Å². The summed E-state index contributed by atoms with van der Waals surface area (Å²) in [6.45, 7) is 16.1. The van der Waals surface area contributed by atoms with Crippen molar-refractivity contribution < 1.29 is 28.1 Å². The highest BCUT2D eigenvalue weighted by Crippen LogP contribution is 2.42. The van der Waals surface area contributed by atoms with Gasteiger partial charge < -0.3 is 23.4 Å². The Labute approximate surface area is 181 Å². The molecule has 1 aromatic rings. The first-order valence-electron chi connectivity index (χ1n) is 10.6. The van der Waals surface area contributed by atoms with Crippen LogP contribution in [0.4, 0.5) is 0 Å². The molecule has 2 aliphatic heterocycles. The van der Waals surface area contributed by atoms with Crippen molar-refractivity contribution in [1.82, 2.24) is 0 Å². The molecule has 2 heterocycles. The summed E-state index contributed by atoms with van der Waals surface area (Å²) in [5.74, 6) is -0.688. The first-order chi connectivity index (χ1) is 13.7. The fraction of sp³-hybridized carbons (Fsp3) is 0.682. The van der Waals surface area contributed by atoms with Gasteiger partial charge in [0.1, 0.15) is 0 Å². The van der Waals surface area contributed by atoms with Crippen LogP contribution in [0.1, 0.15) is 73.2 Å². The van der Waals surface area contributed by atoms with Gasteiger partial charge in [0, 0.05) is 5.82 Å². The Bertz CT molecular complexity index is 773. The van der Waals surface area contributed by atoms with Crippen molar-refractivity contribution in [3.63, 3.8) is 0 Å². The number of hydrogen-bond acceptors (Lipinski definition) is 6. The van der Waals surface area contributed by atoms with Crippen LogP contribution in [0, 0.1) is 0 Å². The van der Waals surface area contributed by atoms with Gasteiger partial charge in [0.2, 0.25) is 0 Å². The van der Waals surface area contributed by atoms with Gasteiger partial charge in [0.05, 0.1) is 35.9 Å². The molecule has 0 bridgehead atoms. The second-order valence-electron chi connectivity index (χ2n) is 10.2. The summed E-state index contributed by atoms with van der Waals surface area (Å²) < 4.78 is 30.2. The third kappa shape index (κ3) is 4.07. The van der Waals surface area contributed by atoms with Crippen molar-refractivity contribution in [3.8, 4) is 0 Å². The second kappa shape index (κ2) is 7.66. The van der Waals surface area contributed by atoms with Crippen LogP contribution in [-0.4, -0.2) is 49.7 Å². The second-order valence-corrected chi connectivity index (χ2v) is 10.2. The average Bonchev–Trinajstić information content (AvgIpc) is 2.98. The molecule has 2 aliphatic rings. The molecule has 8 heteroatoms. The highest BCUT2D eigenvalue weighted by molar-refractivity contribution is 6.63. The summed E-state index contributed by atoms with van der Waals surface area (Å²) in [6, 6.07) is 7.86. The van der Waals surface area contributed by atoms with Crippen LogP contribution >= 0.6 is 0 Å². The molecule has 3 rings (SSSR count). The molecule has 1 atom stereocenters. The Kier molecular flexibility index (Phi) is 5.96. The van der Waals surface area contributed by atoms with E-state index in [9.17, 15) is 4.79 Å². The van der Waals surface area contributed by atoms with Gasteiger partial charge >= 0.3 is 20.2 Å². The first-order valence-corrected chi connectivity index (χ1v) is 10.6. The molecule has 1 unspecified atom stereocenters. The lowest BCUT2D eigenvalue weighted by Gasteiger charge is -2.32. The molecule has 1 aromatic carbocycles. The Balaban J connectivity index is 2.01. The van der Waals surface area contributed by atoms with E-state index in [-0.39, 0.29) is 18.2 Å². The maximum absolute atomic E-state index is 12.3. The fourth-order valence-electron chi connectivity index (χ4n) is 3.70. The summed E-state index contributed by atoms with van der Waals surface area (Å²) >= 11 is 0. The van der Waals surface area contributed by atoms with Crippen LogP contribution < -0.4 is 5.46 Å². The van der Waals surface area contributed by atoms with Crippen molar-refractivity contribution in [2.45, 2.75) is 90.0 Å². The molecule has 2 fully saturated rings. The summed E-state index contributed by atoms with van der Waals surface area (Å²) in [5.41, 5.74) is -0.170. The van der Waals surface area contributed by atoms with E-state index < -0.39 is 36.6 Å². The van der Waals surface area contributed by atoms with E-state index >= 15 is 0 Å². The molecule has 0 radical (unpaired) electrons. The summed E-state index contributed by atoms with van der Waals surface area (Å²) in [7, 11) is 0.246. The predicted octanol–water partition coefficient (Wildman–Crippen LogP) is 3.26. The summed E-state index contributed by atoms with van der Waals surface area (Å²) in [6.07, 6.45) is 0.129. The summed E-state index contributed by atoms with van der Waals surface area (Å²) in [5, 5.41) is 0. The van der Waals surface area contributed by atoms with Crippen molar-refractivity contribution >= 4 is 25.7 Å². The van der Waals surface area contributed by atoms with E-state index in [0.29, 0.717) is 0 Å². The summed E-state index contributed by atoms with van der Waals surface area (Å²) in [4.78, 5) is 12.3. The molecule has 0 saturated carbocycles. The molecule has 0 aliphatic carbocycles. The number of benzene rings is 1. The number of rotatable bonds is 5. The highest BCUT2D eigenvalue weighted by atomic mass is 16.7. The van der Waals surface area contributed by atoms with Crippen LogP contribution in [0.15, 0.2) is 24.3 Å². The monoisotopic (exact) mass is 416 g/mol. The van der Waals surface area contributed by atoms with E-state index in [0.717, 1.165) is 11.0 Å². The molecule has 0 amide bonds. The molecule has 164 valence electrons. The minimum atomic E-state index is -0.599. The smallest absolute Gasteiger partial charge is 0.469 e. The zero-order valence-corrected chi connectivity index (χ0v) is 19.7. The third-order valence-corrected chi connectivity index (χ3v) is 7.12. The number of esters is 1. The predicted molar refractivity (Wildman–Crippen MR) is 118 cm³/mol. The molecular formula is C22H34B2O6. The number of methoxy groups -OCH3 is 1. The van der Waals surface area contributed by atoms with E-state index in [1.807, 2.05) is 79.7 Å². The Hall–Kier alpha value is -1.34. The van der Waals surface area contributed by atoms with Gasteiger partial charge in [-0.15, -0.1) is 0 Å². The largest absolute Gasteiger partial charge is 0.495 e. The lowest BCUT2D eigenvalue weighted by molar-refractivity contribution is -0.140. The van der Waals surface area contributed by atoms with E-state index in [4.69, 9.17) is 23.4 Å². The Morgan fingerprint density at radius 1 is 0.867 bits per heavy atom.